The Morgan fingerprint density at radius 1 is 1.37 bits per heavy atom. The first-order chi connectivity index (χ1) is 8.98. The molecule has 3 N–H and O–H groups in total. The molecule has 0 aliphatic heterocycles. The number of alkyl halides is 1. The van der Waals surface area contributed by atoms with Crippen LogP contribution in [0.15, 0.2) is 23.2 Å². The molecule has 1 aromatic rings. The van der Waals surface area contributed by atoms with Gasteiger partial charge in [0.15, 0.2) is 5.96 Å². The third-order valence-corrected chi connectivity index (χ3v) is 3.28. The van der Waals surface area contributed by atoms with Gasteiger partial charge in [-0.1, -0.05) is 0 Å². The lowest BCUT2D eigenvalue weighted by Gasteiger charge is -2.33. The van der Waals surface area contributed by atoms with Crippen LogP contribution >= 0.6 is 0 Å². The van der Waals surface area contributed by atoms with E-state index < -0.39 is 17.3 Å². The van der Waals surface area contributed by atoms with E-state index in [0.29, 0.717) is 19.3 Å². The van der Waals surface area contributed by atoms with Crippen molar-refractivity contribution in [1.29, 1.82) is 0 Å². The molecule has 0 aromatic heterocycles. The average Bonchev–Trinajstić information content (AvgIpc) is 2.32. The van der Waals surface area contributed by atoms with Gasteiger partial charge in [0.2, 0.25) is 0 Å². The minimum absolute atomic E-state index is 0.0487. The summed E-state index contributed by atoms with van der Waals surface area (Å²) in [6.07, 6.45) is 2.34. The number of nitrogens with one attached hydrogen (secondary N) is 1. The maximum Gasteiger partial charge on any atom is 0.193 e. The first-order valence-corrected chi connectivity index (χ1v) is 6.19. The van der Waals surface area contributed by atoms with Gasteiger partial charge < -0.3 is 11.1 Å². The molecule has 1 saturated carbocycles. The summed E-state index contributed by atoms with van der Waals surface area (Å²) in [7, 11) is 0. The van der Waals surface area contributed by atoms with E-state index in [1.165, 1.54) is 0 Å². The quantitative estimate of drug-likeness (QED) is 0.653. The Balaban J connectivity index is 1.89. The fourth-order valence-electron chi connectivity index (χ4n) is 1.96. The monoisotopic (exact) mass is 271 g/mol. The van der Waals surface area contributed by atoms with Crippen molar-refractivity contribution in [1.82, 2.24) is 0 Å². The first kappa shape index (κ1) is 13.7. The lowest BCUT2D eigenvalue weighted by Crippen LogP contribution is -2.33. The molecular weight excluding hydrogens is 255 g/mol. The highest BCUT2D eigenvalue weighted by molar-refractivity contribution is 5.92. The average molecular weight is 271 g/mol. The molecule has 0 radical (unpaired) electrons. The summed E-state index contributed by atoms with van der Waals surface area (Å²) in [4.78, 5) is 3.91. The molecule has 19 heavy (non-hydrogen) atoms. The van der Waals surface area contributed by atoms with E-state index in [-0.39, 0.29) is 18.2 Å². The van der Waals surface area contributed by atoms with Crippen molar-refractivity contribution in [2.45, 2.75) is 31.4 Å². The molecule has 0 atom stereocenters. The predicted molar refractivity (Wildman–Crippen MR) is 68.8 cm³/mol. The van der Waals surface area contributed by atoms with Gasteiger partial charge in [0.1, 0.15) is 17.3 Å². The maximum absolute atomic E-state index is 13.7. The number of halogens is 3. The van der Waals surface area contributed by atoms with Crippen molar-refractivity contribution in [3.05, 3.63) is 29.8 Å². The Morgan fingerprint density at radius 2 is 2.11 bits per heavy atom. The number of nitrogens with two attached hydrogens (primary N) is 1. The SMILES string of the molecule is NC(=NCCC1(F)CCC1)Nc1cc(F)ccc1F. The molecule has 0 heterocycles. The van der Waals surface area contributed by atoms with Crippen molar-refractivity contribution < 1.29 is 13.2 Å². The van der Waals surface area contributed by atoms with Crippen LogP contribution in [0.5, 0.6) is 0 Å². The van der Waals surface area contributed by atoms with E-state index in [9.17, 15) is 13.2 Å². The van der Waals surface area contributed by atoms with Crippen molar-refractivity contribution in [2.75, 3.05) is 11.9 Å². The van der Waals surface area contributed by atoms with Crippen LogP contribution < -0.4 is 11.1 Å². The number of benzene rings is 1. The molecule has 1 aromatic carbocycles. The zero-order valence-corrected chi connectivity index (χ0v) is 10.4. The molecule has 1 fully saturated rings. The molecule has 104 valence electrons. The lowest BCUT2D eigenvalue weighted by atomic mass is 9.80. The number of nitrogens with zero attached hydrogens (tertiary/aromatic N) is 1. The zero-order chi connectivity index (χ0) is 13.9. The highest BCUT2D eigenvalue weighted by Gasteiger charge is 2.36. The van der Waals surface area contributed by atoms with Gasteiger partial charge in [-0.2, -0.15) is 0 Å². The second-order valence-corrected chi connectivity index (χ2v) is 4.77. The van der Waals surface area contributed by atoms with Crippen molar-refractivity contribution in [3.8, 4) is 0 Å². The fourth-order valence-corrected chi connectivity index (χ4v) is 1.96. The molecule has 0 spiro atoms. The van der Waals surface area contributed by atoms with Crippen LogP contribution in [0.3, 0.4) is 0 Å². The van der Waals surface area contributed by atoms with Crippen LogP contribution in [0.4, 0.5) is 18.9 Å². The largest absolute Gasteiger partial charge is 0.370 e. The smallest absolute Gasteiger partial charge is 0.193 e. The van der Waals surface area contributed by atoms with Crippen molar-refractivity contribution in [2.24, 2.45) is 10.7 Å². The topological polar surface area (TPSA) is 50.4 Å². The molecule has 0 saturated heterocycles. The molecule has 6 heteroatoms. The van der Waals surface area contributed by atoms with E-state index >= 15 is 0 Å². The van der Waals surface area contributed by atoms with Gasteiger partial charge in [-0.25, -0.2) is 13.2 Å². The Labute approximate surface area is 109 Å². The van der Waals surface area contributed by atoms with Gasteiger partial charge in [-0.3, -0.25) is 4.99 Å². The molecule has 1 aliphatic rings. The summed E-state index contributed by atoms with van der Waals surface area (Å²) in [5.74, 6) is -1.25. The molecule has 2 rings (SSSR count). The number of hydrogen-bond acceptors (Lipinski definition) is 1. The molecular formula is C13H16F3N3. The summed E-state index contributed by atoms with van der Waals surface area (Å²) in [6, 6.07) is 2.99. The van der Waals surface area contributed by atoms with Crippen LogP contribution in [0.2, 0.25) is 0 Å². The van der Waals surface area contributed by atoms with Crippen LogP contribution in [0.25, 0.3) is 0 Å². The van der Waals surface area contributed by atoms with E-state index in [2.05, 4.69) is 10.3 Å². The highest BCUT2D eigenvalue weighted by atomic mass is 19.1. The van der Waals surface area contributed by atoms with Crippen LogP contribution in [0, 0.1) is 11.6 Å². The number of rotatable bonds is 4. The molecule has 0 amide bonds. The summed E-state index contributed by atoms with van der Waals surface area (Å²) >= 11 is 0. The standard InChI is InChI=1S/C13H16F3N3/c14-9-2-3-10(15)11(8-9)19-12(17)18-7-6-13(16)4-1-5-13/h2-3,8H,1,4-7H2,(H3,17,18,19). The van der Waals surface area contributed by atoms with Crippen molar-refractivity contribution in [3.63, 3.8) is 0 Å². The van der Waals surface area contributed by atoms with Crippen LogP contribution in [-0.4, -0.2) is 18.2 Å². The molecule has 1 aliphatic carbocycles. The molecule has 0 bridgehead atoms. The summed E-state index contributed by atoms with van der Waals surface area (Å²) in [6.45, 7) is 0.228. The first-order valence-electron chi connectivity index (χ1n) is 6.19. The Hall–Kier alpha value is -1.72. The minimum atomic E-state index is -1.12. The van der Waals surface area contributed by atoms with E-state index in [4.69, 9.17) is 5.73 Å². The second kappa shape index (κ2) is 5.50. The third-order valence-electron chi connectivity index (χ3n) is 3.28. The van der Waals surface area contributed by atoms with Gasteiger partial charge in [-0.15, -0.1) is 0 Å². The van der Waals surface area contributed by atoms with E-state index in [1.807, 2.05) is 0 Å². The number of aliphatic imine (C=N–C) groups is 1. The predicted octanol–water partition coefficient (Wildman–Crippen LogP) is 2.97. The Kier molecular flexibility index (Phi) is 3.97. The Morgan fingerprint density at radius 3 is 2.74 bits per heavy atom. The fraction of sp³-hybridized carbons (Fsp3) is 0.462. The summed E-state index contributed by atoms with van der Waals surface area (Å²) < 4.78 is 39.9. The van der Waals surface area contributed by atoms with Crippen molar-refractivity contribution >= 4 is 11.6 Å². The van der Waals surface area contributed by atoms with E-state index in [1.54, 1.807) is 0 Å². The lowest BCUT2D eigenvalue weighted by molar-refractivity contribution is 0.0568. The van der Waals surface area contributed by atoms with Gasteiger partial charge in [0, 0.05) is 19.0 Å². The second-order valence-electron chi connectivity index (χ2n) is 4.77. The van der Waals surface area contributed by atoms with Gasteiger partial charge in [0.05, 0.1) is 5.69 Å². The van der Waals surface area contributed by atoms with E-state index in [0.717, 1.165) is 24.6 Å². The minimum Gasteiger partial charge on any atom is -0.370 e. The maximum atomic E-state index is 13.7. The molecule has 3 nitrogen and oxygen atoms in total. The van der Waals surface area contributed by atoms with Crippen LogP contribution in [0.1, 0.15) is 25.7 Å². The highest BCUT2D eigenvalue weighted by Crippen LogP contribution is 2.38. The van der Waals surface area contributed by atoms with Gasteiger partial charge >= 0.3 is 0 Å². The van der Waals surface area contributed by atoms with Gasteiger partial charge in [-0.05, 0) is 31.4 Å². The number of anilines is 1. The normalized spacial score (nSPS) is 17.9. The zero-order valence-electron chi connectivity index (χ0n) is 10.4. The van der Waals surface area contributed by atoms with Crippen LogP contribution in [-0.2, 0) is 0 Å². The summed E-state index contributed by atoms with van der Waals surface area (Å²) in [5.41, 5.74) is 4.34. The molecule has 0 unspecified atom stereocenters. The number of hydrogen-bond donors (Lipinski definition) is 2. The summed E-state index contributed by atoms with van der Waals surface area (Å²) in [5, 5.41) is 2.46. The number of guanidine groups is 1. The third kappa shape index (κ3) is 3.62. The Bertz CT molecular complexity index is 484. The van der Waals surface area contributed by atoms with Gasteiger partial charge in [0.25, 0.3) is 0 Å².